The maximum atomic E-state index is 14.3. The van der Waals surface area contributed by atoms with Gasteiger partial charge in [0, 0.05) is 18.7 Å². The SMILES string of the molecule is COc1cc(F)cc2c1c(CS(=O)(=O)c1ccc(Cl)s1)nn2Cc1cccc(CN)c1.O=CO. The zero-order valence-corrected chi connectivity index (χ0v) is 20.3. The van der Waals surface area contributed by atoms with Gasteiger partial charge in [0.2, 0.25) is 0 Å². The molecule has 0 atom stereocenters. The molecule has 4 rings (SSSR count). The van der Waals surface area contributed by atoms with Crippen molar-refractivity contribution in [3.8, 4) is 5.75 Å². The van der Waals surface area contributed by atoms with E-state index in [0.29, 0.717) is 28.3 Å². The van der Waals surface area contributed by atoms with Gasteiger partial charge in [-0.15, -0.1) is 11.3 Å². The van der Waals surface area contributed by atoms with E-state index in [1.165, 1.54) is 31.4 Å². The number of sulfone groups is 1. The molecular formula is C22H21ClFN3O5S2. The highest BCUT2D eigenvalue weighted by Crippen LogP contribution is 2.34. The van der Waals surface area contributed by atoms with Crippen LogP contribution in [0.2, 0.25) is 4.34 Å². The zero-order chi connectivity index (χ0) is 24.9. The number of ether oxygens (including phenoxy) is 1. The molecule has 0 aliphatic carbocycles. The van der Waals surface area contributed by atoms with Crippen molar-refractivity contribution in [2.45, 2.75) is 23.1 Å². The molecule has 12 heteroatoms. The largest absolute Gasteiger partial charge is 0.496 e. The Morgan fingerprint density at radius 2 is 1.94 bits per heavy atom. The molecule has 0 radical (unpaired) electrons. The van der Waals surface area contributed by atoms with Gasteiger partial charge in [0.25, 0.3) is 6.47 Å². The first-order valence-electron chi connectivity index (χ1n) is 9.79. The first-order chi connectivity index (χ1) is 16.2. The lowest BCUT2D eigenvalue weighted by Crippen LogP contribution is -2.07. The van der Waals surface area contributed by atoms with Gasteiger partial charge in [-0.2, -0.15) is 5.10 Å². The highest BCUT2D eigenvalue weighted by atomic mass is 35.5. The molecule has 3 N–H and O–H groups in total. The van der Waals surface area contributed by atoms with Gasteiger partial charge in [-0.05, 0) is 23.3 Å². The van der Waals surface area contributed by atoms with Crippen molar-refractivity contribution in [3.63, 3.8) is 0 Å². The second-order valence-electron chi connectivity index (χ2n) is 7.05. The fraction of sp³-hybridized carbons (Fsp3) is 0.182. The first-order valence-corrected chi connectivity index (χ1v) is 12.6. The molecule has 0 unspecified atom stereocenters. The number of fused-ring (bicyclic) bond motifs is 1. The number of methoxy groups -OCH3 is 1. The van der Waals surface area contributed by atoms with Crippen molar-refractivity contribution in [1.29, 1.82) is 0 Å². The molecule has 0 aliphatic heterocycles. The van der Waals surface area contributed by atoms with Gasteiger partial charge in [0.15, 0.2) is 9.84 Å². The van der Waals surface area contributed by atoms with Crippen LogP contribution < -0.4 is 10.5 Å². The summed E-state index contributed by atoms with van der Waals surface area (Å²) in [5, 5.41) is 11.9. The predicted molar refractivity (Wildman–Crippen MR) is 129 cm³/mol. The number of nitrogens with zero attached hydrogens (tertiary/aromatic N) is 2. The fourth-order valence-electron chi connectivity index (χ4n) is 3.44. The number of hydrogen-bond acceptors (Lipinski definition) is 7. The normalized spacial score (nSPS) is 11.2. The van der Waals surface area contributed by atoms with Gasteiger partial charge in [0.1, 0.15) is 21.5 Å². The van der Waals surface area contributed by atoms with Crippen LogP contribution in [-0.2, 0) is 33.5 Å². The number of rotatable bonds is 7. The molecule has 0 fully saturated rings. The second-order valence-corrected chi connectivity index (χ2v) is 11.0. The average molecular weight is 526 g/mol. The summed E-state index contributed by atoms with van der Waals surface area (Å²) in [6.45, 7) is 0.463. The Morgan fingerprint density at radius 1 is 1.24 bits per heavy atom. The fourth-order valence-corrected chi connectivity index (χ4v) is 6.29. The zero-order valence-electron chi connectivity index (χ0n) is 17.9. The monoisotopic (exact) mass is 525 g/mol. The van der Waals surface area contributed by atoms with Crippen molar-refractivity contribution < 1.29 is 27.4 Å². The van der Waals surface area contributed by atoms with E-state index in [-0.39, 0.29) is 27.9 Å². The van der Waals surface area contributed by atoms with E-state index < -0.39 is 15.7 Å². The summed E-state index contributed by atoms with van der Waals surface area (Å²) in [6.07, 6.45) is 0. The van der Waals surface area contributed by atoms with Crippen molar-refractivity contribution >= 4 is 50.2 Å². The Balaban J connectivity index is 0.00000103. The highest BCUT2D eigenvalue weighted by molar-refractivity contribution is 7.92. The standard InChI is InChI=1S/C21H19ClFN3O3S2.CH2O2/c1-29-18-9-15(23)8-17-21(18)16(12-31(27,28)20-6-5-19(22)30-20)25-26(17)11-14-4-2-3-13(7-14)10-24;2-1-3/h2-9H,10-12,24H2,1H3;1H,(H,2,3). The molecule has 2 aromatic carbocycles. The Bertz CT molecular complexity index is 1420. The number of carboxylic acid groups (broad SMARTS) is 1. The number of hydrogen-bond donors (Lipinski definition) is 2. The molecule has 0 amide bonds. The van der Waals surface area contributed by atoms with E-state index in [9.17, 15) is 12.8 Å². The van der Waals surface area contributed by atoms with Gasteiger partial charge in [0.05, 0.1) is 34.6 Å². The summed E-state index contributed by atoms with van der Waals surface area (Å²) < 4.78 is 47.6. The summed E-state index contributed by atoms with van der Waals surface area (Å²) in [4.78, 5) is 8.36. The minimum absolute atomic E-state index is 0.150. The molecule has 0 saturated carbocycles. The predicted octanol–water partition coefficient (Wildman–Crippen LogP) is 4.08. The van der Waals surface area contributed by atoms with Crippen molar-refractivity contribution in [2.24, 2.45) is 5.73 Å². The number of aromatic nitrogens is 2. The van der Waals surface area contributed by atoms with Crippen LogP contribution in [0.4, 0.5) is 4.39 Å². The third-order valence-corrected chi connectivity index (χ3v) is 8.26. The number of nitrogens with two attached hydrogens (primary N) is 1. The van der Waals surface area contributed by atoms with Gasteiger partial charge in [-0.3, -0.25) is 9.48 Å². The smallest absolute Gasteiger partial charge is 0.290 e. The van der Waals surface area contributed by atoms with Gasteiger partial charge < -0.3 is 15.6 Å². The topological polar surface area (TPSA) is 125 Å². The Labute approximate surface area is 204 Å². The molecule has 0 aliphatic rings. The van der Waals surface area contributed by atoms with Crippen LogP contribution in [0.25, 0.3) is 10.9 Å². The molecular weight excluding hydrogens is 505 g/mol. The molecule has 2 heterocycles. The van der Waals surface area contributed by atoms with Gasteiger partial charge in [-0.25, -0.2) is 12.8 Å². The van der Waals surface area contributed by atoms with Crippen LogP contribution in [0, 0.1) is 5.82 Å². The van der Waals surface area contributed by atoms with E-state index >= 15 is 0 Å². The van der Waals surface area contributed by atoms with E-state index in [1.807, 2.05) is 24.3 Å². The molecule has 0 bridgehead atoms. The minimum Gasteiger partial charge on any atom is -0.496 e. The molecule has 0 saturated heterocycles. The molecule has 0 spiro atoms. The van der Waals surface area contributed by atoms with Crippen LogP contribution in [0.1, 0.15) is 16.8 Å². The molecule has 4 aromatic rings. The molecule has 34 heavy (non-hydrogen) atoms. The third-order valence-electron chi connectivity index (χ3n) is 4.82. The lowest BCUT2D eigenvalue weighted by molar-refractivity contribution is -0.122. The van der Waals surface area contributed by atoms with E-state index in [2.05, 4.69) is 5.10 Å². The molecule has 180 valence electrons. The maximum absolute atomic E-state index is 14.3. The van der Waals surface area contributed by atoms with E-state index in [1.54, 1.807) is 4.68 Å². The highest BCUT2D eigenvalue weighted by Gasteiger charge is 2.24. The van der Waals surface area contributed by atoms with Crippen LogP contribution in [0.5, 0.6) is 5.75 Å². The Kier molecular flexibility index (Phi) is 8.26. The number of benzene rings is 2. The Hall–Kier alpha value is -2.99. The minimum atomic E-state index is -3.70. The summed E-state index contributed by atoms with van der Waals surface area (Å²) in [5.74, 6) is -0.634. The van der Waals surface area contributed by atoms with E-state index in [0.717, 1.165) is 22.5 Å². The third kappa shape index (κ3) is 5.73. The Morgan fingerprint density at radius 3 is 2.56 bits per heavy atom. The summed E-state index contributed by atoms with van der Waals surface area (Å²) in [6, 6.07) is 13.2. The number of carbonyl (C=O) groups is 1. The van der Waals surface area contributed by atoms with E-state index in [4.69, 9.17) is 32.0 Å². The first kappa shape index (κ1) is 25.6. The molecule has 2 aromatic heterocycles. The average Bonchev–Trinajstić information content (AvgIpc) is 3.38. The van der Waals surface area contributed by atoms with Gasteiger partial charge >= 0.3 is 0 Å². The number of halogens is 2. The van der Waals surface area contributed by atoms with Crippen molar-refractivity contribution in [1.82, 2.24) is 9.78 Å². The van der Waals surface area contributed by atoms with Crippen molar-refractivity contribution in [3.05, 3.63) is 75.5 Å². The van der Waals surface area contributed by atoms with Crippen LogP contribution >= 0.6 is 22.9 Å². The summed E-state index contributed by atoms with van der Waals surface area (Å²) in [5.41, 5.74) is 8.33. The lowest BCUT2D eigenvalue weighted by Gasteiger charge is -2.07. The van der Waals surface area contributed by atoms with Gasteiger partial charge in [-0.1, -0.05) is 35.9 Å². The molecule has 8 nitrogen and oxygen atoms in total. The summed E-state index contributed by atoms with van der Waals surface area (Å²) in [7, 11) is -2.29. The second kappa shape index (κ2) is 11.0. The van der Waals surface area contributed by atoms with Crippen LogP contribution in [-0.4, -0.2) is 36.9 Å². The lowest BCUT2D eigenvalue weighted by atomic mass is 10.1. The number of thiophene rings is 1. The quantitative estimate of drug-likeness (QED) is 0.348. The van der Waals surface area contributed by atoms with Crippen molar-refractivity contribution in [2.75, 3.05) is 7.11 Å². The maximum Gasteiger partial charge on any atom is 0.290 e. The van der Waals surface area contributed by atoms with Crippen LogP contribution in [0.3, 0.4) is 0 Å². The summed E-state index contributed by atoms with van der Waals surface area (Å²) >= 11 is 6.90. The van der Waals surface area contributed by atoms with Crippen LogP contribution in [0.15, 0.2) is 52.7 Å².